The lowest BCUT2D eigenvalue weighted by atomic mass is 10.2. The number of ether oxygens (including phenoxy) is 2. The molecule has 2 aromatic carbocycles. The number of likely N-dealkylation sites (N-methyl/N-ethyl adjacent to an activating group) is 1. The maximum Gasteiger partial charge on any atom is 0.251 e. The van der Waals surface area contributed by atoms with Gasteiger partial charge in [-0.1, -0.05) is 23.7 Å². The van der Waals surface area contributed by atoms with Gasteiger partial charge in [-0.3, -0.25) is 4.79 Å². The number of hydrogen-bond donors (Lipinski definition) is 2. The Hall–Kier alpha value is -2.24. The van der Waals surface area contributed by atoms with Crippen LogP contribution in [0.25, 0.3) is 0 Å². The lowest BCUT2D eigenvalue weighted by Crippen LogP contribution is -2.30. The zero-order valence-corrected chi connectivity index (χ0v) is 14.5. The van der Waals surface area contributed by atoms with Crippen molar-refractivity contribution in [3.63, 3.8) is 0 Å². The highest BCUT2D eigenvalue weighted by Crippen LogP contribution is 2.29. The summed E-state index contributed by atoms with van der Waals surface area (Å²) in [5.41, 5.74) is 1.53. The molecule has 0 spiro atoms. The Balaban J connectivity index is 2.02. The van der Waals surface area contributed by atoms with Crippen molar-refractivity contribution < 1.29 is 14.3 Å². The van der Waals surface area contributed by atoms with E-state index in [-0.39, 0.29) is 5.91 Å². The van der Waals surface area contributed by atoms with Crippen LogP contribution in [0.3, 0.4) is 0 Å². The minimum atomic E-state index is -0.146. The van der Waals surface area contributed by atoms with E-state index in [0.29, 0.717) is 41.8 Å². The Morgan fingerprint density at radius 3 is 2.50 bits per heavy atom. The molecule has 24 heavy (non-hydrogen) atoms. The number of hydrogen-bond acceptors (Lipinski definition) is 4. The van der Waals surface area contributed by atoms with Gasteiger partial charge in [0.25, 0.3) is 5.91 Å². The van der Waals surface area contributed by atoms with Crippen LogP contribution in [-0.2, 0) is 6.61 Å². The molecule has 0 saturated carbocycles. The van der Waals surface area contributed by atoms with Crippen LogP contribution in [0.2, 0.25) is 5.02 Å². The molecule has 0 unspecified atom stereocenters. The van der Waals surface area contributed by atoms with Crippen LogP contribution in [0.1, 0.15) is 15.9 Å². The van der Waals surface area contributed by atoms with Gasteiger partial charge in [-0.05, 0) is 42.9 Å². The number of amides is 1. The molecule has 1 amide bonds. The summed E-state index contributed by atoms with van der Waals surface area (Å²) in [5, 5.41) is 6.48. The lowest BCUT2D eigenvalue weighted by molar-refractivity contribution is 0.0953. The second-order valence-electron chi connectivity index (χ2n) is 5.14. The summed E-state index contributed by atoms with van der Waals surface area (Å²) in [6.45, 7) is 1.67. The van der Waals surface area contributed by atoms with Crippen LogP contribution in [0.4, 0.5) is 0 Å². The van der Waals surface area contributed by atoms with Crippen molar-refractivity contribution in [2.75, 3.05) is 27.2 Å². The molecule has 0 aliphatic heterocycles. The van der Waals surface area contributed by atoms with E-state index in [0.717, 1.165) is 5.56 Å². The Labute approximate surface area is 146 Å². The van der Waals surface area contributed by atoms with Crippen molar-refractivity contribution in [2.45, 2.75) is 6.61 Å². The quantitative estimate of drug-likeness (QED) is 0.720. The molecule has 2 rings (SSSR count). The van der Waals surface area contributed by atoms with Crippen molar-refractivity contribution in [3.8, 4) is 11.5 Å². The maximum atomic E-state index is 12.1. The maximum absolute atomic E-state index is 12.1. The fourth-order valence-electron chi connectivity index (χ4n) is 2.07. The third-order valence-corrected chi connectivity index (χ3v) is 3.65. The third-order valence-electron chi connectivity index (χ3n) is 3.39. The number of nitrogens with one attached hydrogen (secondary N) is 2. The van der Waals surface area contributed by atoms with Crippen LogP contribution >= 0.6 is 11.6 Å². The third kappa shape index (κ3) is 5.15. The summed E-state index contributed by atoms with van der Waals surface area (Å²) in [4.78, 5) is 12.1. The van der Waals surface area contributed by atoms with Gasteiger partial charge < -0.3 is 20.1 Å². The SMILES string of the molecule is CNCCNC(=O)c1ccc(OCc2ccc(Cl)cc2)c(OC)c1. The van der Waals surface area contributed by atoms with Gasteiger partial charge >= 0.3 is 0 Å². The molecule has 0 heterocycles. The van der Waals surface area contributed by atoms with Crippen LogP contribution < -0.4 is 20.1 Å². The van der Waals surface area contributed by atoms with Crippen LogP contribution in [-0.4, -0.2) is 33.2 Å². The minimum Gasteiger partial charge on any atom is -0.493 e. The largest absolute Gasteiger partial charge is 0.493 e. The predicted molar refractivity (Wildman–Crippen MR) is 95.0 cm³/mol. The normalized spacial score (nSPS) is 10.3. The molecule has 0 aromatic heterocycles. The van der Waals surface area contributed by atoms with E-state index in [1.165, 1.54) is 0 Å². The standard InChI is InChI=1S/C18H21ClN2O3/c1-20-9-10-21-18(22)14-5-8-16(17(11-14)23-2)24-12-13-3-6-15(19)7-4-13/h3-8,11,20H,9-10,12H2,1-2H3,(H,21,22). The molecular formula is C18H21ClN2O3. The molecular weight excluding hydrogens is 328 g/mol. The highest BCUT2D eigenvalue weighted by atomic mass is 35.5. The van der Waals surface area contributed by atoms with Crippen molar-refractivity contribution in [1.82, 2.24) is 10.6 Å². The van der Waals surface area contributed by atoms with E-state index >= 15 is 0 Å². The fraction of sp³-hybridized carbons (Fsp3) is 0.278. The topological polar surface area (TPSA) is 59.6 Å². The summed E-state index contributed by atoms with van der Waals surface area (Å²) < 4.78 is 11.1. The zero-order valence-electron chi connectivity index (χ0n) is 13.8. The van der Waals surface area contributed by atoms with Crippen molar-refractivity contribution >= 4 is 17.5 Å². The van der Waals surface area contributed by atoms with Gasteiger partial charge in [-0.2, -0.15) is 0 Å². The van der Waals surface area contributed by atoms with Gasteiger partial charge in [-0.25, -0.2) is 0 Å². The van der Waals surface area contributed by atoms with Crippen molar-refractivity contribution in [2.24, 2.45) is 0 Å². The number of benzene rings is 2. The second-order valence-corrected chi connectivity index (χ2v) is 5.58. The monoisotopic (exact) mass is 348 g/mol. The predicted octanol–water partition coefficient (Wildman–Crippen LogP) is 2.88. The molecule has 128 valence electrons. The first kappa shape index (κ1) is 18.1. The molecule has 2 aromatic rings. The van der Waals surface area contributed by atoms with Gasteiger partial charge in [-0.15, -0.1) is 0 Å². The average Bonchev–Trinajstić information content (AvgIpc) is 2.61. The Morgan fingerprint density at radius 2 is 1.83 bits per heavy atom. The summed E-state index contributed by atoms with van der Waals surface area (Å²) in [5.74, 6) is 0.956. The van der Waals surface area contributed by atoms with E-state index in [2.05, 4.69) is 10.6 Å². The molecule has 0 bridgehead atoms. The molecule has 0 saturated heterocycles. The molecule has 0 radical (unpaired) electrons. The minimum absolute atomic E-state index is 0.146. The number of rotatable bonds is 8. The summed E-state index contributed by atoms with van der Waals surface area (Å²) >= 11 is 5.87. The number of carbonyl (C=O) groups excluding carboxylic acids is 1. The van der Waals surface area contributed by atoms with Crippen molar-refractivity contribution in [1.29, 1.82) is 0 Å². The second kappa shape index (κ2) is 9.15. The molecule has 0 aliphatic rings. The van der Waals surface area contributed by atoms with Crippen LogP contribution in [0.5, 0.6) is 11.5 Å². The van der Waals surface area contributed by atoms with E-state index < -0.39 is 0 Å². The molecule has 6 heteroatoms. The van der Waals surface area contributed by atoms with E-state index in [4.69, 9.17) is 21.1 Å². The Morgan fingerprint density at radius 1 is 1.08 bits per heavy atom. The van der Waals surface area contributed by atoms with E-state index in [1.807, 2.05) is 31.3 Å². The smallest absolute Gasteiger partial charge is 0.251 e. The van der Waals surface area contributed by atoms with Gasteiger partial charge in [0.1, 0.15) is 6.61 Å². The van der Waals surface area contributed by atoms with Crippen molar-refractivity contribution in [3.05, 3.63) is 58.6 Å². The van der Waals surface area contributed by atoms with Gasteiger partial charge in [0.15, 0.2) is 11.5 Å². The highest BCUT2D eigenvalue weighted by molar-refractivity contribution is 6.30. The fourth-order valence-corrected chi connectivity index (χ4v) is 2.20. The summed E-state index contributed by atoms with van der Waals surface area (Å²) in [6, 6.07) is 12.6. The number of carbonyl (C=O) groups is 1. The van der Waals surface area contributed by atoms with Crippen LogP contribution in [0, 0.1) is 0 Å². The summed E-state index contributed by atoms with van der Waals surface area (Å²) in [7, 11) is 3.38. The Bertz CT molecular complexity index is 674. The zero-order chi connectivity index (χ0) is 17.4. The average molecular weight is 349 g/mol. The van der Waals surface area contributed by atoms with Gasteiger partial charge in [0, 0.05) is 23.7 Å². The molecule has 0 atom stereocenters. The van der Waals surface area contributed by atoms with E-state index in [9.17, 15) is 4.79 Å². The Kier molecular flexibility index (Phi) is 6.90. The first-order valence-corrected chi connectivity index (χ1v) is 8.00. The first-order valence-electron chi connectivity index (χ1n) is 7.62. The summed E-state index contributed by atoms with van der Waals surface area (Å²) in [6.07, 6.45) is 0. The molecule has 2 N–H and O–H groups in total. The van der Waals surface area contributed by atoms with Crippen LogP contribution in [0.15, 0.2) is 42.5 Å². The van der Waals surface area contributed by atoms with Gasteiger partial charge in [0.2, 0.25) is 0 Å². The van der Waals surface area contributed by atoms with E-state index in [1.54, 1.807) is 25.3 Å². The number of halogens is 1. The lowest BCUT2D eigenvalue weighted by Gasteiger charge is -2.12. The molecule has 5 nitrogen and oxygen atoms in total. The van der Waals surface area contributed by atoms with Gasteiger partial charge in [0.05, 0.1) is 7.11 Å². The first-order chi connectivity index (χ1) is 11.6. The highest BCUT2D eigenvalue weighted by Gasteiger charge is 2.11. The molecule has 0 aliphatic carbocycles. The number of methoxy groups -OCH3 is 1. The molecule has 0 fully saturated rings.